The number of amides is 1. The smallest absolute Gasteiger partial charge is 0.475 e. The van der Waals surface area contributed by atoms with Gasteiger partial charge in [-0.15, -0.1) is 5.10 Å². The monoisotopic (exact) mass is 490 g/mol. The molecular weight excluding hydrogens is 469 g/mol. The first kappa shape index (κ1) is 24.0. The third-order valence-corrected chi connectivity index (χ3v) is 5.79. The lowest BCUT2D eigenvalue weighted by molar-refractivity contribution is -0.192. The highest BCUT2D eigenvalue weighted by Crippen LogP contribution is 2.27. The SMILES string of the molecule is Cn1cc(NC(=O)c2ccc3ccc(N4CC5CCC4CN5)nn23)c(C#N)n1.O=C(O)C(F)(F)F. The quantitative estimate of drug-likeness (QED) is 0.505. The molecule has 3 fully saturated rings. The predicted octanol–water partition coefficient (Wildman–Crippen LogP) is 1.77. The Morgan fingerprint density at radius 3 is 2.51 bits per heavy atom. The highest BCUT2D eigenvalue weighted by Gasteiger charge is 2.38. The van der Waals surface area contributed by atoms with Gasteiger partial charge in [0.05, 0.1) is 11.2 Å². The summed E-state index contributed by atoms with van der Waals surface area (Å²) in [6.45, 7) is 1.91. The summed E-state index contributed by atoms with van der Waals surface area (Å²) in [7, 11) is 1.71. The molecule has 6 heterocycles. The average Bonchev–Trinajstić information content (AvgIpc) is 3.41. The van der Waals surface area contributed by atoms with Crippen molar-refractivity contribution in [2.75, 3.05) is 23.3 Å². The molecule has 0 aliphatic carbocycles. The number of nitriles is 1. The number of hydrogen-bond donors (Lipinski definition) is 3. The van der Waals surface area contributed by atoms with Crippen molar-refractivity contribution in [3.05, 3.63) is 41.9 Å². The lowest BCUT2D eigenvalue weighted by Crippen LogP contribution is -2.61. The number of piperazine rings is 1. The summed E-state index contributed by atoms with van der Waals surface area (Å²) >= 11 is 0. The fourth-order valence-corrected chi connectivity index (χ4v) is 4.14. The Bertz CT molecular complexity index is 1300. The molecular formula is C21H21F3N8O3. The van der Waals surface area contributed by atoms with Crippen molar-refractivity contribution in [3.63, 3.8) is 0 Å². The van der Waals surface area contributed by atoms with Crippen molar-refractivity contribution in [3.8, 4) is 6.07 Å². The van der Waals surface area contributed by atoms with Gasteiger partial charge in [0, 0.05) is 38.4 Å². The molecule has 184 valence electrons. The maximum Gasteiger partial charge on any atom is 0.490 e. The molecule has 0 aromatic carbocycles. The number of piperidine rings is 2. The Kier molecular flexibility index (Phi) is 6.35. The summed E-state index contributed by atoms with van der Waals surface area (Å²) in [5.41, 5.74) is 1.84. The van der Waals surface area contributed by atoms with Gasteiger partial charge in [-0.2, -0.15) is 23.5 Å². The average molecular weight is 490 g/mol. The van der Waals surface area contributed by atoms with Crippen LogP contribution in [0, 0.1) is 11.3 Å². The minimum atomic E-state index is -5.08. The highest BCUT2D eigenvalue weighted by atomic mass is 19.4. The maximum absolute atomic E-state index is 12.8. The topological polar surface area (TPSA) is 141 Å². The number of carboxylic acid groups (broad SMARTS) is 1. The van der Waals surface area contributed by atoms with E-state index in [9.17, 15) is 23.2 Å². The molecule has 35 heavy (non-hydrogen) atoms. The molecule has 3 aliphatic heterocycles. The zero-order valence-electron chi connectivity index (χ0n) is 18.5. The number of carboxylic acids is 1. The summed E-state index contributed by atoms with van der Waals surface area (Å²) in [5.74, 6) is -2.20. The molecule has 3 aliphatic rings. The fourth-order valence-electron chi connectivity index (χ4n) is 4.14. The minimum absolute atomic E-state index is 0.183. The Labute approximate surface area is 196 Å². The van der Waals surface area contributed by atoms with E-state index < -0.39 is 12.1 Å². The van der Waals surface area contributed by atoms with Crippen molar-refractivity contribution in [2.24, 2.45) is 7.05 Å². The second-order valence-corrected chi connectivity index (χ2v) is 8.17. The zero-order chi connectivity index (χ0) is 25.3. The number of aryl methyl sites for hydroxylation is 1. The van der Waals surface area contributed by atoms with Gasteiger partial charge >= 0.3 is 12.1 Å². The molecule has 0 spiro atoms. The number of aromatic nitrogens is 4. The number of carbonyl (C=O) groups is 2. The van der Waals surface area contributed by atoms with Crippen LogP contribution in [-0.4, -0.2) is 67.7 Å². The summed E-state index contributed by atoms with van der Waals surface area (Å²) in [6, 6.07) is 10.6. The van der Waals surface area contributed by atoms with Gasteiger partial charge in [0.25, 0.3) is 5.91 Å². The Morgan fingerprint density at radius 1 is 1.23 bits per heavy atom. The van der Waals surface area contributed by atoms with Crippen molar-refractivity contribution in [1.82, 2.24) is 24.7 Å². The Morgan fingerprint density at radius 2 is 1.94 bits per heavy atom. The van der Waals surface area contributed by atoms with Crippen LogP contribution < -0.4 is 15.5 Å². The molecule has 3 aromatic heterocycles. The second kappa shape index (κ2) is 9.26. The van der Waals surface area contributed by atoms with Gasteiger partial charge < -0.3 is 20.6 Å². The Hall–Kier alpha value is -4.12. The van der Waals surface area contributed by atoms with Crippen LogP contribution in [0.15, 0.2) is 30.5 Å². The Balaban J connectivity index is 0.000000364. The van der Waals surface area contributed by atoms with E-state index in [2.05, 4.69) is 20.6 Å². The number of nitrogens with zero attached hydrogens (tertiary/aromatic N) is 6. The van der Waals surface area contributed by atoms with Crippen LogP contribution in [0.1, 0.15) is 29.0 Å². The number of anilines is 2. The number of rotatable bonds is 3. The molecule has 0 radical (unpaired) electrons. The molecule has 3 aromatic rings. The van der Waals surface area contributed by atoms with Crippen LogP contribution in [-0.2, 0) is 11.8 Å². The molecule has 2 atom stereocenters. The molecule has 1 amide bonds. The number of hydrogen-bond acceptors (Lipinski definition) is 7. The van der Waals surface area contributed by atoms with E-state index in [1.165, 1.54) is 11.1 Å². The summed E-state index contributed by atoms with van der Waals surface area (Å²) in [5, 5.41) is 31.4. The van der Waals surface area contributed by atoms with Gasteiger partial charge in [0.15, 0.2) is 5.69 Å². The fraction of sp³-hybridized carbons (Fsp3) is 0.381. The van der Waals surface area contributed by atoms with Crippen molar-refractivity contribution < 1.29 is 27.9 Å². The third kappa shape index (κ3) is 5.04. The first-order valence-corrected chi connectivity index (χ1v) is 10.6. The van der Waals surface area contributed by atoms with Crippen molar-refractivity contribution in [1.29, 1.82) is 5.26 Å². The normalized spacial score (nSPS) is 19.1. The molecule has 11 nitrogen and oxygen atoms in total. The van der Waals surface area contributed by atoms with Crippen LogP contribution >= 0.6 is 0 Å². The molecule has 0 saturated carbocycles. The summed E-state index contributed by atoms with van der Waals surface area (Å²) < 4.78 is 34.9. The maximum atomic E-state index is 12.8. The number of aliphatic carboxylic acids is 1. The van der Waals surface area contributed by atoms with E-state index in [-0.39, 0.29) is 11.6 Å². The lowest BCUT2D eigenvalue weighted by atomic mass is 9.93. The molecule has 2 bridgehead atoms. The minimum Gasteiger partial charge on any atom is -0.475 e. The molecule has 2 unspecified atom stereocenters. The van der Waals surface area contributed by atoms with E-state index in [0.29, 0.717) is 23.5 Å². The standard InChI is InChI=1S/C19H20N8O.C2HF3O2/c1-25-11-16(15(8-20)23-25)22-19(28)17-6-4-13-5-7-18(24-27(13)17)26-10-12-2-3-14(26)9-21-12;3-2(4,5)1(6)7/h4-7,11-12,14,21H,2-3,9-10H2,1H3,(H,22,28);(H,6,7). The van der Waals surface area contributed by atoms with Crippen LogP contribution in [0.3, 0.4) is 0 Å². The third-order valence-electron chi connectivity index (χ3n) is 5.79. The van der Waals surface area contributed by atoms with Gasteiger partial charge in [-0.1, -0.05) is 0 Å². The first-order chi connectivity index (χ1) is 16.6. The van der Waals surface area contributed by atoms with Gasteiger partial charge in [-0.25, -0.2) is 9.31 Å². The molecule has 3 N–H and O–H groups in total. The number of fused-ring (bicyclic) bond motifs is 4. The second-order valence-electron chi connectivity index (χ2n) is 8.17. The summed E-state index contributed by atoms with van der Waals surface area (Å²) in [4.78, 5) is 24.1. The van der Waals surface area contributed by atoms with E-state index in [4.69, 9.17) is 15.0 Å². The first-order valence-electron chi connectivity index (χ1n) is 10.6. The highest BCUT2D eigenvalue weighted by molar-refractivity contribution is 6.04. The van der Waals surface area contributed by atoms with Gasteiger partial charge in [-0.3, -0.25) is 9.48 Å². The van der Waals surface area contributed by atoms with Gasteiger partial charge in [-0.05, 0) is 37.1 Å². The molecule has 6 rings (SSSR count). The van der Waals surface area contributed by atoms with Crippen LogP contribution in [0.4, 0.5) is 24.7 Å². The van der Waals surface area contributed by atoms with E-state index in [1.54, 1.807) is 23.8 Å². The van der Waals surface area contributed by atoms with Crippen LogP contribution in [0.2, 0.25) is 0 Å². The zero-order valence-corrected chi connectivity index (χ0v) is 18.5. The molecule has 14 heteroatoms. The van der Waals surface area contributed by atoms with Crippen molar-refractivity contribution >= 4 is 28.9 Å². The van der Waals surface area contributed by atoms with E-state index >= 15 is 0 Å². The van der Waals surface area contributed by atoms with E-state index in [1.807, 2.05) is 24.3 Å². The number of alkyl halides is 3. The largest absolute Gasteiger partial charge is 0.490 e. The number of nitrogens with one attached hydrogen (secondary N) is 2. The summed E-state index contributed by atoms with van der Waals surface area (Å²) in [6.07, 6.45) is -1.11. The lowest BCUT2D eigenvalue weighted by Gasteiger charge is -2.46. The predicted molar refractivity (Wildman–Crippen MR) is 117 cm³/mol. The van der Waals surface area contributed by atoms with Crippen LogP contribution in [0.25, 0.3) is 5.52 Å². The van der Waals surface area contributed by atoms with Crippen LogP contribution in [0.5, 0.6) is 0 Å². The number of carbonyl (C=O) groups excluding carboxylic acids is 1. The number of halogens is 3. The van der Waals surface area contributed by atoms with Gasteiger partial charge in [0.2, 0.25) is 0 Å². The van der Waals surface area contributed by atoms with E-state index in [0.717, 1.165) is 30.8 Å². The molecule has 3 saturated heterocycles. The van der Waals surface area contributed by atoms with Gasteiger partial charge in [0.1, 0.15) is 17.6 Å². The van der Waals surface area contributed by atoms with Crippen molar-refractivity contribution in [2.45, 2.75) is 31.1 Å².